The molecular weight excluding hydrogens is 364 g/mol. The summed E-state index contributed by atoms with van der Waals surface area (Å²) in [5, 5.41) is 11.9. The van der Waals surface area contributed by atoms with Gasteiger partial charge in [-0.1, -0.05) is 12.1 Å². The largest absolute Gasteiger partial charge is 0.480 e. The summed E-state index contributed by atoms with van der Waals surface area (Å²) in [6, 6.07) is 7.33. The van der Waals surface area contributed by atoms with E-state index >= 15 is 0 Å². The van der Waals surface area contributed by atoms with Crippen LogP contribution in [0.2, 0.25) is 0 Å². The van der Waals surface area contributed by atoms with E-state index in [1.54, 1.807) is 4.90 Å². The van der Waals surface area contributed by atoms with E-state index < -0.39 is 23.3 Å². The van der Waals surface area contributed by atoms with Gasteiger partial charge in [0.1, 0.15) is 11.5 Å². The third-order valence-corrected chi connectivity index (χ3v) is 5.31. The van der Waals surface area contributed by atoms with Crippen molar-refractivity contribution in [1.82, 2.24) is 5.32 Å². The monoisotopic (exact) mass is 380 g/mol. The van der Waals surface area contributed by atoms with Crippen molar-refractivity contribution in [2.24, 2.45) is 5.92 Å². The van der Waals surface area contributed by atoms with E-state index in [9.17, 15) is 19.5 Å². The summed E-state index contributed by atoms with van der Waals surface area (Å²) in [5.41, 5.74) is -0.456. The minimum Gasteiger partial charge on any atom is -0.480 e. The summed E-state index contributed by atoms with van der Waals surface area (Å²) in [5.74, 6) is -2.61. The Morgan fingerprint density at radius 3 is 2.57 bits per heavy atom. The topological polar surface area (TPSA) is 86.7 Å². The van der Waals surface area contributed by atoms with E-state index in [1.165, 1.54) is 0 Å². The number of rotatable bonds is 4. The van der Waals surface area contributed by atoms with Gasteiger partial charge in [-0.25, -0.2) is 4.79 Å². The van der Waals surface area contributed by atoms with Crippen LogP contribution in [0.4, 0.5) is 5.69 Å². The molecular formula is C16H17BrN2O4. The summed E-state index contributed by atoms with van der Waals surface area (Å²) in [4.78, 5) is 37.9. The number of carboxylic acid groups (broad SMARTS) is 1. The number of aliphatic carboxylic acids is 1. The van der Waals surface area contributed by atoms with Gasteiger partial charge in [0.2, 0.25) is 11.8 Å². The Kier molecular flexibility index (Phi) is 4.14. The smallest absolute Gasteiger partial charge is 0.329 e. The Balaban J connectivity index is 1.73. The summed E-state index contributed by atoms with van der Waals surface area (Å²) in [6.45, 7) is 0.444. The van der Waals surface area contributed by atoms with Crippen LogP contribution in [-0.2, 0) is 14.4 Å². The molecule has 2 amide bonds. The highest BCUT2D eigenvalue weighted by atomic mass is 79.9. The SMILES string of the molecule is O=C(NC1(C(=O)O)CCC1)[C@H]1CCN(c2ccccc2Br)C1=O. The molecule has 0 bridgehead atoms. The summed E-state index contributed by atoms with van der Waals surface area (Å²) < 4.78 is 0.787. The molecule has 1 saturated heterocycles. The normalized spacial score (nSPS) is 22.6. The second kappa shape index (κ2) is 5.96. The van der Waals surface area contributed by atoms with Gasteiger partial charge in [0.15, 0.2) is 0 Å². The number of carbonyl (C=O) groups is 3. The number of nitrogens with one attached hydrogen (secondary N) is 1. The average Bonchev–Trinajstić information content (AvgIpc) is 2.84. The fourth-order valence-corrected chi connectivity index (χ4v) is 3.58. The first-order chi connectivity index (χ1) is 10.9. The third-order valence-electron chi connectivity index (χ3n) is 4.64. The number of para-hydroxylation sites is 1. The van der Waals surface area contributed by atoms with Crippen molar-refractivity contribution < 1.29 is 19.5 Å². The number of carbonyl (C=O) groups excluding carboxylic acids is 2. The number of hydrogen-bond acceptors (Lipinski definition) is 3. The molecule has 1 aliphatic carbocycles. The molecule has 0 unspecified atom stereocenters. The highest BCUT2D eigenvalue weighted by Crippen LogP contribution is 2.34. The molecule has 7 heteroatoms. The number of anilines is 1. The summed E-state index contributed by atoms with van der Waals surface area (Å²) in [7, 11) is 0. The van der Waals surface area contributed by atoms with Crippen molar-refractivity contribution in [2.75, 3.05) is 11.4 Å². The van der Waals surface area contributed by atoms with Crippen LogP contribution in [0.3, 0.4) is 0 Å². The number of amides is 2. The Morgan fingerprint density at radius 2 is 2.00 bits per heavy atom. The Labute approximate surface area is 142 Å². The van der Waals surface area contributed by atoms with Crippen molar-refractivity contribution in [3.05, 3.63) is 28.7 Å². The van der Waals surface area contributed by atoms with Gasteiger partial charge in [0, 0.05) is 11.0 Å². The van der Waals surface area contributed by atoms with Crippen LogP contribution in [0.1, 0.15) is 25.7 Å². The lowest BCUT2D eigenvalue weighted by Crippen LogP contribution is -2.60. The molecule has 1 saturated carbocycles. The molecule has 2 fully saturated rings. The van der Waals surface area contributed by atoms with E-state index in [1.807, 2.05) is 24.3 Å². The first kappa shape index (κ1) is 16.0. The standard InChI is InChI=1S/C16H17BrN2O4/c17-11-4-1-2-5-12(11)19-9-6-10(14(19)21)13(20)18-16(15(22)23)7-3-8-16/h1-2,4-5,10H,3,6-9H2,(H,18,20)(H,22,23)/t10-/m1/s1. The lowest BCUT2D eigenvalue weighted by molar-refractivity contribution is -0.153. The van der Waals surface area contributed by atoms with Crippen LogP contribution in [0.15, 0.2) is 28.7 Å². The first-order valence-corrected chi connectivity index (χ1v) is 8.35. The highest BCUT2D eigenvalue weighted by molar-refractivity contribution is 9.10. The molecule has 1 aromatic rings. The molecule has 122 valence electrons. The van der Waals surface area contributed by atoms with Crippen molar-refractivity contribution >= 4 is 39.4 Å². The number of benzene rings is 1. The quantitative estimate of drug-likeness (QED) is 0.781. The van der Waals surface area contributed by atoms with Crippen LogP contribution < -0.4 is 10.2 Å². The molecule has 2 N–H and O–H groups in total. The molecule has 0 aromatic heterocycles. The molecule has 0 radical (unpaired) electrons. The lowest BCUT2D eigenvalue weighted by atomic mass is 9.76. The second-order valence-electron chi connectivity index (χ2n) is 6.01. The molecule has 6 nitrogen and oxygen atoms in total. The predicted molar refractivity (Wildman–Crippen MR) is 87.0 cm³/mol. The predicted octanol–water partition coefficient (Wildman–Crippen LogP) is 1.93. The van der Waals surface area contributed by atoms with Crippen LogP contribution in [0.25, 0.3) is 0 Å². The van der Waals surface area contributed by atoms with Gasteiger partial charge in [0.25, 0.3) is 0 Å². The molecule has 2 aliphatic rings. The number of carboxylic acids is 1. The average molecular weight is 381 g/mol. The molecule has 23 heavy (non-hydrogen) atoms. The van der Waals surface area contributed by atoms with Crippen LogP contribution in [0.5, 0.6) is 0 Å². The van der Waals surface area contributed by atoms with E-state index in [0.717, 1.165) is 16.6 Å². The fourth-order valence-electron chi connectivity index (χ4n) is 3.08. The summed E-state index contributed by atoms with van der Waals surface area (Å²) >= 11 is 3.41. The van der Waals surface area contributed by atoms with Gasteiger partial charge in [-0.3, -0.25) is 9.59 Å². The zero-order chi connectivity index (χ0) is 16.6. The number of nitrogens with zero attached hydrogens (tertiary/aromatic N) is 1. The maximum absolute atomic E-state index is 12.6. The van der Waals surface area contributed by atoms with Crippen molar-refractivity contribution in [1.29, 1.82) is 0 Å². The molecule has 1 atom stereocenters. The molecule has 1 aliphatic heterocycles. The van der Waals surface area contributed by atoms with E-state index in [4.69, 9.17) is 0 Å². The van der Waals surface area contributed by atoms with Gasteiger partial charge in [0.05, 0.1) is 5.69 Å². The van der Waals surface area contributed by atoms with E-state index in [2.05, 4.69) is 21.2 Å². The number of hydrogen-bond donors (Lipinski definition) is 2. The van der Waals surface area contributed by atoms with Gasteiger partial charge in [-0.2, -0.15) is 0 Å². The minimum absolute atomic E-state index is 0.283. The third kappa shape index (κ3) is 2.73. The maximum Gasteiger partial charge on any atom is 0.329 e. The van der Waals surface area contributed by atoms with Gasteiger partial charge in [-0.15, -0.1) is 0 Å². The molecule has 0 spiro atoms. The van der Waals surface area contributed by atoms with Crippen molar-refractivity contribution in [3.8, 4) is 0 Å². The zero-order valence-corrected chi connectivity index (χ0v) is 14.0. The zero-order valence-electron chi connectivity index (χ0n) is 12.4. The second-order valence-corrected chi connectivity index (χ2v) is 6.87. The maximum atomic E-state index is 12.6. The fraction of sp³-hybridized carbons (Fsp3) is 0.438. The van der Waals surface area contributed by atoms with Crippen LogP contribution in [-0.4, -0.2) is 35.0 Å². The van der Waals surface area contributed by atoms with Gasteiger partial charge >= 0.3 is 5.97 Å². The molecule has 3 rings (SSSR count). The van der Waals surface area contributed by atoms with E-state index in [-0.39, 0.29) is 5.91 Å². The van der Waals surface area contributed by atoms with E-state index in [0.29, 0.717) is 25.8 Å². The Hall–Kier alpha value is -1.89. The van der Waals surface area contributed by atoms with Crippen LogP contribution >= 0.6 is 15.9 Å². The lowest BCUT2D eigenvalue weighted by Gasteiger charge is -2.38. The van der Waals surface area contributed by atoms with Gasteiger partial charge in [-0.05, 0) is 53.7 Å². The van der Waals surface area contributed by atoms with Gasteiger partial charge < -0.3 is 15.3 Å². The van der Waals surface area contributed by atoms with Crippen molar-refractivity contribution in [2.45, 2.75) is 31.2 Å². The van der Waals surface area contributed by atoms with Crippen LogP contribution in [0, 0.1) is 5.92 Å². The Bertz CT molecular complexity index is 672. The number of halogens is 1. The Morgan fingerprint density at radius 1 is 1.30 bits per heavy atom. The minimum atomic E-state index is -1.18. The summed E-state index contributed by atoms with van der Waals surface area (Å²) in [6.07, 6.45) is 2.00. The van der Waals surface area contributed by atoms with Crippen molar-refractivity contribution in [3.63, 3.8) is 0 Å². The first-order valence-electron chi connectivity index (χ1n) is 7.56. The molecule has 1 aromatic carbocycles. The highest BCUT2D eigenvalue weighted by Gasteiger charge is 2.48. The molecule has 1 heterocycles.